The minimum absolute atomic E-state index is 0.228. The quantitative estimate of drug-likeness (QED) is 0.218. The van der Waals surface area contributed by atoms with E-state index in [4.69, 9.17) is 18.2 Å². The second kappa shape index (κ2) is 11.5. The van der Waals surface area contributed by atoms with E-state index < -0.39 is 16.6 Å². The van der Waals surface area contributed by atoms with Gasteiger partial charge in [-0.3, -0.25) is 0 Å². The van der Waals surface area contributed by atoms with Crippen LogP contribution in [0.2, 0.25) is 36.3 Å². The highest BCUT2D eigenvalue weighted by Gasteiger charge is 2.38. The van der Waals surface area contributed by atoms with Crippen molar-refractivity contribution in [2.45, 2.75) is 90.6 Å². The Morgan fingerprint density at radius 1 is 0.667 bits per heavy atom. The van der Waals surface area contributed by atoms with Crippen molar-refractivity contribution in [2.24, 2.45) is 0 Å². The fourth-order valence-electron chi connectivity index (χ4n) is 1.41. The Bertz CT molecular complexity index is 422. The van der Waals surface area contributed by atoms with Crippen molar-refractivity contribution >= 4 is 24.3 Å². The maximum Gasteiger partial charge on any atom is 0.438 e. The van der Waals surface area contributed by atoms with Crippen molar-refractivity contribution in [1.82, 2.24) is 0 Å². The first-order chi connectivity index (χ1) is 12.2. The topological polar surface area (TPSA) is 36.9 Å². The molecule has 0 saturated heterocycles. The van der Waals surface area contributed by atoms with E-state index >= 15 is 0 Å². The van der Waals surface area contributed by atoms with Gasteiger partial charge in [-0.05, 0) is 61.3 Å². The van der Waals surface area contributed by atoms with Gasteiger partial charge < -0.3 is 18.2 Å². The first kappa shape index (κ1) is 26.5. The molecule has 27 heavy (non-hydrogen) atoms. The van der Waals surface area contributed by atoms with Gasteiger partial charge in [0, 0.05) is 13.2 Å². The van der Waals surface area contributed by atoms with Crippen LogP contribution < -0.4 is 0 Å². The van der Waals surface area contributed by atoms with E-state index in [1.165, 1.54) is 0 Å². The second-order valence-corrected chi connectivity index (χ2v) is 19.5. The van der Waals surface area contributed by atoms with Crippen LogP contribution in [0.5, 0.6) is 0 Å². The zero-order chi connectivity index (χ0) is 21.2. The summed E-state index contributed by atoms with van der Waals surface area (Å²) in [4.78, 5) is 0. The smallest absolute Gasteiger partial charge is 0.438 e. The molecule has 0 amide bonds. The average molecular weight is 415 g/mol. The molecule has 0 aliphatic rings. The molecule has 0 N–H and O–H groups in total. The van der Waals surface area contributed by atoms with E-state index in [0.717, 1.165) is 12.8 Å². The predicted octanol–water partition coefficient (Wildman–Crippen LogP) is 6.14. The molecular formula is C20H43BO4Si2. The highest BCUT2D eigenvalue weighted by molar-refractivity contribution is 6.74. The second-order valence-electron chi connectivity index (χ2n) is 10.0. The summed E-state index contributed by atoms with van der Waals surface area (Å²) < 4.78 is 22.9. The number of hydrogen-bond donors (Lipinski definition) is 0. The number of hydrogen-bond acceptors (Lipinski definition) is 4. The fraction of sp³-hybridized carbons (Fsp3) is 0.800. The van der Waals surface area contributed by atoms with E-state index in [-0.39, 0.29) is 10.1 Å². The highest BCUT2D eigenvalue weighted by Crippen LogP contribution is 2.37. The molecule has 158 valence electrons. The molecule has 0 saturated carbocycles. The van der Waals surface area contributed by atoms with Crippen LogP contribution >= 0.6 is 0 Å². The van der Waals surface area contributed by atoms with Crippen molar-refractivity contribution in [3.8, 4) is 0 Å². The summed E-state index contributed by atoms with van der Waals surface area (Å²) in [7, 11) is -3.06. The maximum atomic E-state index is 5.98. The van der Waals surface area contributed by atoms with Gasteiger partial charge in [-0.15, -0.1) is 0 Å². The Kier molecular flexibility index (Phi) is 11.3. The van der Waals surface area contributed by atoms with Crippen LogP contribution in [0.25, 0.3) is 0 Å². The molecule has 0 rings (SSSR count). The monoisotopic (exact) mass is 414 g/mol. The van der Waals surface area contributed by atoms with Crippen LogP contribution in [-0.2, 0) is 18.2 Å². The van der Waals surface area contributed by atoms with Crippen LogP contribution in [0.3, 0.4) is 0 Å². The fourth-order valence-corrected chi connectivity index (χ4v) is 2.99. The molecule has 0 aromatic rings. The summed E-state index contributed by atoms with van der Waals surface area (Å²) in [6.45, 7) is 23.7. The highest BCUT2D eigenvalue weighted by atomic mass is 28.4. The van der Waals surface area contributed by atoms with Gasteiger partial charge in [0.25, 0.3) is 0 Å². The minimum Gasteiger partial charge on any atom is -0.549 e. The minimum atomic E-state index is -1.69. The van der Waals surface area contributed by atoms with Gasteiger partial charge in [-0.2, -0.15) is 0 Å². The normalized spacial score (nSPS) is 14.1. The Hall–Kier alpha value is -0.501. The van der Waals surface area contributed by atoms with E-state index in [9.17, 15) is 0 Å². The van der Waals surface area contributed by atoms with Gasteiger partial charge in [0.05, 0.1) is 12.5 Å². The lowest BCUT2D eigenvalue weighted by molar-refractivity contribution is 0.227. The molecular weight excluding hydrogens is 371 g/mol. The third-order valence-electron chi connectivity index (χ3n) is 5.55. The van der Waals surface area contributed by atoms with Gasteiger partial charge in [0.2, 0.25) is 16.6 Å². The SMILES string of the molecule is CC(C)(C)[Si](C)(C)OC=CCCOBOCCC=CO[Si](C)(C)C(C)(C)C. The van der Waals surface area contributed by atoms with Crippen molar-refractivity contribution < 1.29 is 18.2 Å². The zero-order valence-corrected chi connectivity index (χ0v) is 21.5. The lowest BCUT2D eigenvalue weighted by atomic mass is 10.2. The molecule has 0 heterocycles. The van der Waals surface area contributed by atoms with Gasteiger partial charge in [-0.25, -0.2) is 0 Å². The van der Waals surface area contributed by atoms with Crippen molar-refractivity contribution in [3.63, 3.8) is 0 Å². The molecule has 0 bridgehead atoms. The van der Waals surface area contributed by atoms with Crippen molar-refractivity contribution in [3.05, 3.63) is 24.7 Å². The molecule has 0 fully saturated rings. The summed E-state index contributed by atoms with van der Waals surface area (Å²) in [5.41, 5.74) is 0. The van der Waals surface area contributed by atoms with Crippen LogP contribution in [0.4, 0.5) is 0 Å². The Balaban J connectivity index is 3.69. The van der Waals surface area contributed by atoms with Gasteiger partial charge in [0.1, 0.15) is 0 Å². The molecule has 0 aliphatic carbocycles. The maximum absolute atomic E-state index is 5.98. The molecule has 0 unspecified atom stereocenters. The standard InChI is InChI=1S/C20H43BO4Si2/c1-19(2,3)26(7,8)24-17-13-11-15-22-21-23-16-12-14-18-25-27(9,10)20(4,5)6/h13-14,17-18,21H,11-12,15-16H2,1-10H3. The Morgan fingerprint density at radius 2 is 1.00 bits per heavy atom. The lowest BCUT2D eigenvalue weighted by Crippen LogP contribution is -2.39. The first-order valence-electron chi connectivity index (χ1n) is 10.0. The molecule has 0 aromatic heterocycles. The van der Waals surface area contributed by atoms with E-state index in [2.05, 4.69) is 67.7 Å². The van der Waals surface area contributed by atoms with Crippen LogP contribution in [0.15, 0.2) is 24.7 Å². The van der Waals surface area contributed by atoms with Crippen molar-refractivity contribution in [2.75, 3.05) is 13.2 Å². The molecule has 0 aliphatic heterocycles. The van der Waals surface area contributed by atoms with Gasteiger partial charge in [0.15, 0.2) is 0 Å². The summed E-state index contributed by atoms with van der Waals surface area (Å²) in [5, 5.41) is 0.456. The van der Waals surface area contributed by atoms with Crippen molar-refractivity contribution in [1.29, 1.82) is 0 Å². The summed E-state index contributed by atoms with van der Waals surface area (Å²) in [6, 6.07) is 0. The molecule has 0 radical (unpaired) electrons. The van der Waals surface area contributed by atoms with Gasteiger partial charge in [-0.1, -0.05) is 41.5 Å². The van der Waals surface area contributed by atoms with E-state index in [1.807, 2.05) is 24.7 Å². The third kappa shape index (κ3) is 11.2. The lowest BCUT2D eigenvalue weighted by Gasteiger charge is -2.34. The largest absolute Gasteiger partial charge is 0.549 e. The predicted molar refractivity (Wildman–Crippen MR) is 123 cm³/mol. The third-order valence-corrected chi connectivity index (χ3v) is 14.2. The first-order valence-corrected chi connectivity index (χ1v) is 15.8. The van der Waals surface area contributed by atoms with Gasteiger partial charge >= 0.3 is 7.69 Å². The molecule has 0 spiro atoms. The van der Waals surface area contributed by atoms with E-state index in [0.29, 0.717) is 20.9 Å². The van der Waals surface area contributed by atoms with Crippen LogP contribution in [0, 0.1) is 0 Å². The molecule has 0 aromatic carbocycles. The van der Waals surface area contributed by atoms with Crippen LogP contribution in [-0.4, -0.2) is 37.5 Å². The summed E-state index contributed by atoms with van der Waals surface area (Å²) in [6.07, 6.45) is 9.41. The zero-order valence-electron chi connectivity index (χ0n) is 19.5. The Labute approximate surface area is 171 Å². The molecule has 4 nitrogen and oxygen atoms in total. The average Bonchev–Trinajstić information content (AvgIpc) is 2.49. The number of rotatable bonds is 12. The summed E-state index contributed by atoms with van der Waals surface area (Å²) in [5.74, 6) is 0. The van der Waals surface area contributed by atoms with Crippen LogP contribution in [0.1, 0.15) is 54.4 Å². The van der Waals surface area contributed by atoms with E-state index in [1.54, 1.807) is 0 Å². The summed E-state index contributed by atoms with van der Waals surface area (Å²) >= 11 is 0. The molecule has 0 atom stereocenters. The molecule has 7 heteroatoms. The Morgan fingerprint density at radius 3 is 1.30 bits per heavy atom.